The molecule has 0 N–H and O–H groups in total. The van der Waals surface area contributed by atoms with Crippen LogP contribution < -0.4 is 4.90 Å². The normalized spacial score (nSPS) is 14.4. The molecule has 1 aliphatic rings. The zero-order valence-electron chi connectivity index (χ0n) is 13.2. The number of benzene rings is 2. The van der Waals surface area contributed by atoms with Gasteiger partial charge in [0, 0.05) is 29.9 Å². The van der Waals surface area contributed by atoms with Crippen molar-refractivity contribution in [3.8, 4) is 22.8 Å². The Balaban J connectivity index is 1.57. The van der Waals surface area contributed by atoms with Gasteiger partial charge in [-0.3, -0.25) is 0 Å². The number of hydrogen-bond donors (Lipinski definition) is 0. The van der Waals surface area contributed by atoms with Crippen molar-refractivity contribution >= 4 is 5.69 Å². The van der Waals surface area contributed by atoms with E-state index in [-0.39, 0.29) is 0 Å². The Morgan fingerprint density at radius 3 is 2.22 bits per heavy atom. The molecule has 1 aromatic heterocycles. The maximum Gasteiger partial charge on any atom is 0.258 e. The van der Waals surface area contributed by atoms with Gasteiger partial charge >= 0.3 is 0 Å². The Bertz CT molecular complexity index is 784. The maximum atomic E-state index is 5.40. The van der Waals surface area contributed by atoms with Crippen LogP contribution in [0.3, 0.4) is 0 Å². The summed E-state index contributed by atoms with van der Waals surface area (Å²) in [5.74, 6) is 1.19. The number of aryl methyl sites for hydroxylation is 1. The van der Waals surface area contributed by atoms with Crippen molar-refractivity contribution in [2.24, 2.45) is 0 Å². The molecule has 1 fully saturated rings. The van der Waals surface area contributed by atoms with E-state index in [1.165, 1.54) is 24.1 Å². The third-order valence-corrected chi connectivity index (χ3v) is 4.32. The first kappa shape index (κ1) is 14.0. The second kappa shape index (κ2) is 5.88. The summed E-state index contributed by atoms with van der Waals surface area (Å²) in [5.41, 5.74) is 4.41. The molecule has 0 spiro atoms. The van der Waals surface area contributed by atoms with E-state index in [1.807, 2.05) is 24.3 Å². The highest BCUT2D eigenvalue weighted by Gasteiger charge is 2.14. The molecule has 4 heteroatoms. The molecule has 0 unspecified atom stereocenters. The zero-order chi connectivity index (χ0) is 15.6. The lowest BCUT2D eigenvalue weighted by Crippen LogP contribution is -2.17. The Morgan fingerprint density at radius 2 is 1.52 bits per heavy atom. The molecule has 0 saturated carbocycles. The van der Waals surface area contributed by atoms with E-state index in [4.69, 9.17) is 4.52 Å². The van der Waals surface area contributed by atoms with Crippen molar-refractivity contribution in [3.63, 3.8) is 0 Å². The van der Waals surface area contributed by atoms with Gasteiger partial charge in [0.25, 0.3) is 5.89 Å². The van der Waals surface area contributed by atoms with Crippen LogP contribution in [0, 0.1) is 6.92 Å². The van der Waals surface area contributed by atoms with Crippen molar-refractivity contribution < 1.29 is 4.52 Å². The first-order valence-corrected chi connectivity index (χ1v) is 8.06. The summed E-state index contributed by atoms with van der Waals surface area (Å²) < 4.78 is 5.40. The van der Waals surface area contributed by atoms with Gasteiger partial charge < -0.3 is 9.42 Å². The minimum absolute atomic E-state index is 0.559. The molecular weight excluding hydrogens is 286 g/mol. The standard InChI is InChI=1S/C19H19N3O/c1-14-4-6-16(7-5-14)19-20-18(21-23-19)15-8-10-17(11-9-15)22-12-2-3-13-22/h4-11H,2-3,12-13H2,1H3. The monoisotopic (exact) mass is 305 g/mol. The molecule has 116 valence electrons. The number of hydrogen-bond acceptors (Lipinski definition) is 4. The zero-order valence-corrected chi connectivity index (χ0v) is 13.2. The molecule has 23 heavy (non-hydrogen) atoms. The molecule has 4 rings (SSSR count). The van der Waals surface area contributed by atoms with Gasteiger partial charge in [-0.05, 0) is 56.2 Å². The van der Waals surface area contributed by atoms with Crippen LogP contribution in [0.2, 0.25) is 0 Å². The summed E-state index contributed by atoms with van der Waals surface area (Å²) in [6.07, 6.45) is 2.57. The van der Waals surface area contributed by atoms with Gasteiger partial charge in [-0.25, -0.2) is 0 Å². The average Bonchev–Trinajstić information content (AvgIpc) is 3.28. The lowest BCUT2D eigenvalue weighted by molar-refractivity contribution is 0.432. The van der Waals surface area contributed by atoms with Crippen LogP contribution in [0.5, 0.6) is 0 Å². The second-order valence-corrected chi connectivity index (χ2v) is 6.03. The van der Waals surface area contributed by atoms with E-state index >= 15 is 0 Å². The summed E-state index contributed by atoms with van der Waals surface area (Å²) in [4.78, 5) is 6.93. The fourth-order valence-electron chi connectivity index (χ4n) is 2.95. The van der Waals surface area contributed by atoms with Crippen LogP contribution in [-0.4, -0.2) is 23.2 Å². The molecule has 0 amide bonds. The molecule has 2 heterocycles. The van der Waals surface area contributed by atoms with Crippen LogP contribution in [0.1, 0.15) is 18.4 Å². The van der Waals surface area contributed by atoms with Crippen molar-refractivity contribution in [1.29, 1.82) is 0 Å². The Hall–Kier alpha value is -2.62. The predicted octanol–water partition coefficient (Wildman–Crippen LogP) is 4.31. The molecule has 0 bridgehead atoms. The van der Waals surface area contributed by atoms with Crippen molar-refractivity contribution in [2.45, 2.75) is 19.8 Å². The van der Waals surface area contributed by atoms with Crippen molar-refractivity contribution in [1.82, 2.24) is 10.1 Å². The highest BCUT2D eigenvalue weighted by atomic mass is 16.5. The number of aromatic nitrogens is 2. The van der Waals surface area contributed by atoms with E-state index in [1.54, 1.807) is 0 Å². The number of anilines is 1. The van der Waals surface area contributed by atoms with Crippen molar-refractivity contribution in [2.75, 3.05) is 18.0 Å². The third kappa shape index (κ3) is 2.84. The Morgan fingerprint density at radius 1 is 0.870 bits per heavy atom. The van der Waals surface area contributed by atoms with E-state index in [0.717, 1.165) is 24.2 Å². The maximum absolute atomic E-state index is 5.40. The van der Waals surface area contributed by atoms with Gasteiger partial charge in [0.2, 0.25) is 5.82 Å². The topological polar surface area (TPSA) is 42.2 Å². The fraction of sp³-hybridized carbons (Fsp3) is 0.263. The van der Waals surface area contributed by atoms with Crippen LogP contribution in [-0.2, 0) is 0 Å². The molecule has 2 aromatic carbocycles. The van der Waals surface area contributed by atoms with E-state index < -0.39 is 0 Å². The fourth-order valence-corrected chi connectivity index (χ4v) is 2.95. The molecule has 1 saturated heterocycles. The SMILES string of the molecule is Cc1ccc(-c2nc(-c3ccc(N4CCCC4)cc3)no2)cc1. The van der Waals surface area contributed by atoms with Gasteiger partial charge in [-0.2, -0.15) is 4.98 Å². The summed E-state index contributed by atoms with van der Waals surface area (Å²) >= 11 is 0. The Kier molecular flexibility index (Phi) is 3.58. The van der Waals surface area contributed by atoms with Gasteiger partial charge in [0.05, 0.1) is 0 Å². The first-order valence-electron chi connectivity index (χ1n) is 8.06. The van der Waals surface area contributed by atoms with Gasteiger partial charge in [0.1, 0.15) is 0 Å². The smallest absolute Gasteiger partial charge is 0.258 e. The summed E-state index contributed by atoms with van der Waals surface area (Å²) in [5, 5.41) is 4.11. The third-order valence-electron chi connectivity index (χ3n) is 4.32. The molecule has 0 radical (unpaired) electrons. The lowest BCUT2D eigenvalue weighted by atomic mass is 10.1. The summed E-state index contributed by atoms with van der Waals surface area (Å²) in [6.45, 7) is 4.36. The lowest BCUT2D eigenvalue weighted by Gasteiger charge is -2.17. The largest absolute Gasteiger partial charge is 0.372 e. The quantitative estimate of drug-likeness (QED) is 0.723. The van der Waals surface area contributed by atoms with Crippen LogP contribution in [0.15, 0.2) is 53.1 Å². The first-order chi connectivity index (χ1) is 11.3. The van der Waals surface area contributed by atoms with Crippen LogP contribution >= 0.6 is 0 Å². The van der Waals surface area contributed by atoms with Crippen LogP contribution in [0.25, 0.3) is 22.8 Å². The highest BCUT2D eigenvalue weighted by Crippen LogP contribution is 2.26. The predicted molar refractivity (Wildman–Crippen MR) is 91.4 cm³/mol. The number of nitrogens with zero attached hydrogens (tertiary/aromatic N) is 3. The second-order valence-electron chi connectivity index (χ2n) is 6.03. The van der Waals surface area contributed by atoms with E-state index in [9.17, 15) is 0 Å². The van der Waals surface area contributed by atoms with Gasteiger partial charge in [-0.15, -0.1) is 0 Å². The molecule has 0 aliphatic carbocycles. The van der Waals surface area contributed by atoms with E-state index in [2.05, 4.69) is 46.2 Å². The summed E-state index contributed by atoms with van der Waals surface area (Å²) in [6, 6.07) is 16.5. The number of rotatable bonds is 3. The minimum atomic E-state index is 0.559. The molecule has 0 atom stereocenters. The summed E-state index contributed by atoms with van der Waals surface area (Å²) in [7, 11) is 0. The van der Waals surface area contributed by atoms with Gasteiger partial charge in [0.15, 0.2) is 0 Å². The van der Waals surface area contributed by atoms with Crippen molar-refractivity contribution in [3.05, 3.63) is 54.1 Å². The highest BCUT2D eigenvalue weighted by molar-refractivity contribution is 5.63. The molecule has 3 aromatic rings. The van der Waals surface area contributed by atoms with Gasteiger partial charge in [-0.1, -0.05) is 22.9 Å². The molecule has 4 nitrogen and oxygen atoms in total. The van der Waals surface area contributed by atoms with Crippen LogP contribution in [0.4, 0.5) is 5.69 Å². The molecular formula is C19H19N3O. The average molecular weight is 305 g/mol. The van der Waals surface area contributed by atoms with E-state index in [0.29, 0.717) is 11.7 Å². The Labute approximate surface area is 135 Å². The molecule has 1 aliphatic heterocycles. The minimum Gasteiger partial charge on any atom is -0.372 e.